The highest BCUT2D eigenvalue weighted by Crippen LogP contribution is 2.25. The van der Waals surface area contributed by atoms with E-state index in [2.05, 4.69) is 25.7 Å². The largest absolute Gasteiger partial charge is 0.491 e. The quantitative estimate of drug-likeness (QED) is 0.222. The summed E-state index contributed by atoms with van der Waals surface area (Å²) in [6.07, 6.45) is 0. The predicted molar refractivity (Wildman–Crippen MR) is 155 cm³/mol. The minimum Gasteiger partial charge on any atom is -0.491 e. The molecule has 0 saturated carbocycles. The Labute approximate surface area is 234 Å². The van der Waals surface area contributed by atoms with Gasteiger partial charge in [0, 0.05) is 48.9 Å². The van der Waals surface area contributed by atoms with Crippen molar-refractivity contribution in [3.8, 4) is 5.75 Å². The number of aromatic amines is 1. The van der Waals surface area contributed by atoms with Crippen LogP contribution in [0.2, 0.25) is 0 Å². The van der Waals surface area contributed by atoms with Crippen molar-refractivity contribution in [1.29, 1.82) is 0 Å². The molecular weight excluding hydrogens is 518 g/mol. The normalized spacial score (nSPS) is 13.5. The molecule has 3 N–H and O–H groups in total. The molecule has 9 nitrogen and oxygen atoms in total. The molecule has 4 aromatic rings. The molecule has 0 unspecified atom stereocenters. The van der Waals surface area contributed by atoms with Gasteiger partial charge in [-0.15, -0.1) is 12.4 Å². The number of carbonyl (C=O) groups is 1. The molecule has 1 amide bonds. The minimum absolute atomic E-state index is 0. The number of fused-ring (bicyclic) bond motifs is 1. The van der Waals surface area contributed by atoms with Crippen LogP contribution in [0.15, 0.2) is 72.8 Å². The molecule has 1 fully saturated rings. The summed E-state index contributed by atoms with van der Waals surface area (Å²) in [5.74, 6) is 0.976. The Balaban J connectivity index is 0.00000353. The Morgan fingerprint density at radius 2 is 1.79 bits per heavy atom. The Morgan fingerprint density at radius 3 is 2.59 bits per heavy atom. The lowest BCUT2D eigenvalue weighted by Crippen LogP contribution is -2.39. The number of rotatable bonds is 12. The van der Waals surface area contributed by atoms with Gasteiger partial charge >= 0.3 is 0 Å². The lowest BCUT2D eigenvalue weighted by molar-refractivity contribution is 0.0398. The van der Waals surface area contributed by atoms with Crippen LogP contribution in [-0.4, -0.2) is 73.6 Å². The fourth-order valence-corrected chi connectivity index (χ4v) is 4.27. The standard InChI is InChI=1S/C29H33N5O4.ClH/c35-29(23-6-8-24(9-7-23)30-12-13-34-14-16-36-17-15-34)31-28-26-11-10-25(20-27(26)32-33-28)38-19-18-37-21-22-4-2-1-3-5-22;/h1-11,20,30H,12-19,21H2,(H2,31,32,33,35);1H. The zero-order valence-electron chi connectivity index (χ0n) is 21.7. The number of nitrogens with zero attached hydrogens (tertiary/aromatic N) is 2. The first-order valence-corrected chi connectivity index (χ1v) is 12.9. The van der Waals surface area contributed by atoms with E-state index in [1.54, 1.807) is 0 Å². The molecule has 5 rings (SSSR count). The number of ether oxygens (including phenoxy) is 3. The van der Waals surface area contributed by atoms with Crippen LogP contribution in [0.1, 0.15) is 15.9 Å². The third-order valence-corrected chi connectivity index (χ3v) is 6.38. The van der Waals surface area contributed by atoms with Gasteiger partial charge in [-0.25, -0.2) is 0 Å². The summed E-state index contributed by atoms with van der Waals surface area (Å²) in [7, 11) is 0. The number of halogens is 1. The van der Waals surface area contributed by atoms with E-state index >= 15 is 0 Å². The van der Waals surface area contributed by atoms with Gasteiger partial charge in [-0.2, -0.15) is 5.10 Å². The average Bonchev–Trinajstić information content (AvgIpc) is 3.36. The number of amides is 1. The summed E-state index contributed by atoms with van der Waals surface area (Å²) >= 11 is 0. The maximum Gasteiger partial charge on any atom is 0.256 e. The van der Waals surface area contributed by atoms with E-state index in [1.807, 2.05) is 72.8 Å². The molecule has 10 heteroatoms. The van der Waals surface area contributed by atoms with E-state index in [4.69, 9.17) is 14.2 Å². The molecule has 0 aliphatic carbocycles. The second kappa shape index (κ2) is 14.5. The summed E-state index contributed by atoms with van der Waals surface area (Å²) in [6, 6.07) is 23.1. The van der Waals surface area contributed by atoms with Crippen LogP contribution in [0, 0.1) is 0 Å². The number of anilines is 2. The van der Waals surface area contributed by atoms with Crippen LogP contribution >= 0.6 is 12.4 Å². The number of aromatic nitrogens is 2. The van der Waals surface area contributed by atoms with E-state index in [0.29, 0.717) is 37.0 Å². The van der Waals surface area contributed by atoms with Gasteiger partial charge in [0.25, 0.3) is 5.91 Å². The van der Waals surface area contributed by atoms with Gasteiger partial charge in [0.1, 0.15) is 12.4 Å². The van der Waals surface area contributed by atoms with Crippen LogP contribution in [0.25, 0.3) is 10.9 Å². The molecule has 1 aliphatic rings. The smallest absolute Gasteiger partial charge is 0.256 e. The highest BCUT2D eigenvalue weighted by molar-refractivity contribution is 6.08. The van der Waals surface area contributed by atoms with E-state index < -0.39 is 0 Å². The Hall–Kier alpha value is -3.63. The SMILES string of the molecule is Cl.O=C(Nc1n[nH]c2cc(OCCOCc3ccccc3)ccc12)c1ccc(NCCN2CCOCC2)cc1. The summed E-state index contributed by atoms with van der Waals surface area (Å²) in [5, 5.41) is 14.4. The summed E-state index contributed by atoms with van der Waals surface area (Å²) < 4.78 is 16.9. The zero-order valence-corrected chi connectivity index (χ0v) is 22.5. The molecule has 0 spiro atoms. The van der Waals surface area contributed by atoms with Crippen LogP contribution in [0.5, 0.6) is 5.75 Å². The molecule has 39 heavy (non-hydrogen) atoms. The third-order valence-electron chi connectivity index (χ3n) is 6.38. The van der Waals surface area contributed by atoms with Gasteiger partial charge in [-0.05, 0) is 42.0 Å². The molecule has 1 aliphatic heterocycles. The molecule has 2 heterocycles. The fraction of sp³-hybridized carbons (Fsp3) is 0.310. The Kier molecular flexibility index (Phi) is 10.6. The molecule has 1 aromatic heterocycles. The molecule has 1 saturated heterocycles. The van der Waals surface area contributed by atoms with E-state index in [0.717, 1.165) is 61.5 Å². The van der Waals surface area contributed by atoms with Crippen molar-refractivity contribution >= 4 is 40.7 Å². The number of nitrogens with one attached hydrogen (secondary N) is 3. The van der Waals surface area contributed by atoms with Crippen molar-refractivity contribution in [3.05, 3.63) is 83.9 Å². The lowest BCUT2D eigenvalue weighted by Gasteiger charge is -2.26. The van der Waals surface area contributed by atoms with Gasteiger partial charge in [-0.1, -0.05) is 30.3 Å². The average molecular weight is 552 g/mol. The minimum atomic E-state index is -0.214. The van der Waals surface area contributed by atoms with E-state index in [9.17, 15) is 4.79 Å². The number of H-pyrrole nitrogens is 1. The monoisotopic (exact) mass is 551 g/mol. The second-order valence-corrected chi connectivity index (χ2v) is 9.08. The molecule has 0 atom stereocenters. The summed E-state index contributed by atoms with van der Waals surface area (Å²) in [4.78, 5) is 15.2. The lowest BCUT2D eigenvalue weighted by atomic mass is 10.2. The van der Waals surface area contributed by atoms with Gasteiger partial charge in [0.15, 0.2) is 5.82 Å². The van der Waals surface area contributed by atoms with E-state index in [1.165, 1.54) is 0 Å². The number of hydrogen-bond acceptors (Lipinski definition) is 7. The third kappa shape index (κ3) is 8.18. The van der Waals surface area contributed by atoms with Gasteiger partial charge in [0.2, 0.25) is 0 Å². The Bertz CT molecular complexity index is 1310. The topological polar surface area (TPSA) is 101 Å². The molecule has 0 radical (unpaired) electrons. The van der Waals surface area contributed by atoms with Crippen molar-refractivity contribution in [2.24, 2.45) is 0 Å². The number of benzene rings is 3. The number of morpholine rings is 1. The maximum absolute atomic E-state index is 12.8. The van der Waals surface area contributed by atoms with Crippen LogP contribution < -0.4 is 15.4 Å². The number of hydrogen-bond donors (Lipinski definition) is 3. The van der Waals surface area contributed by atoms with Crippen LogP contribution in [0.4, 0.5) is 11.5 Å². The van der Waals surface area contributed by atoms with Crippen molar-refractivity contribution in [2.75, 3.05) is 63.2 Å². The number of carbonyl (C=O) groups excluding carboxylic acids is 1. The van der Waals surface area contributed by atoms with Crippen LogP contribution in [0.3, 0.4) is 0 Å². The molecule has 206 valence electrons. The zero-order chi connectivity index (χ0) is 26.0. The highest BCUT2D eigenvalue weighted by atomic mass is 35.5. The van der Waals surface area contributed by atoms with Crippen molar-refractivity contribution < 1.29 is 19.0 Å². The molecular formula is C29H34ClN5O4. The summed E-state index contributed by atoms with van der Waals surface area (Å²) in [6.45, 7) is 6.84. The Morgan fingerprint density at radius 1 is 1.00 bits per heavy atom. The van der Waals surface area contributed by atoms with Gasteiger partial charge < -0.3 is 24.8 Å². The molecule has 0 bridgehead atoms. The van der Waals surface area contributed by atoms with Gasteiger partial charge in [-0.3, -0.25) is 14.8 Å². The van der Waals surface area contributed by atoms with Crippen molar-refractivity contribution in [1.82, 2.24) is 15.1 Å². The van der Waals surface area contributed by atoms with Crippen molar-refractivity contribution in [2.45, 2.75) is 6.61 Å². The fourth-order valence-electron chi connectivity index (χ4n) is 4.27. The maximum atomic E-state index is 12.8. The first-order valence-electron chi connectivity index (χ1n) is 12.9. The molecule has 3 aromatic carbocycles. The first-order chi connectivity index (χ1) is 18.7. The predicted octanol–water partition coefficient (Wildman–Crippen LogP) is 4.58. The first kappa shape index (κ1) is 28.4. The second-order valence-electron chi connectivity index (χ2n) is 9.08. The van der Waals surface area contributed by atoms with Crippen molar-refractivity contribution in [3.63, 3.8) is 0 Å². The highest BCUT2D eigenvalue weighted by Gasteiger charge is 2.13. The van der Waals surface area contributed by atoms with Gasteiger partial charge in [0.05, 0.1) is 31.9 Å². The van der Waals surface area contributed by atoms with E-state index in [-0.39, 0.29) is 18.3 Å². The summed E-state index contributed by atoms with van der Waals surface area (Å²) in [5.41, 5.74) is 3.46. The van der Waals surface area contributed by atoms with Crippen LogP contribution in [-0.2, 0) is 16.1 Å².